The van der Waals surface area contributed by atoms with Gasteiger partial charge in [0.05, 0.1) is 0 Å². The van der Waals surface area contributed by atoms with Crippen molar-refractivity contribution in [3.63, 3.8) is 0 Å². The maximum absolute atomic E-state index is 6.08. The third-order valence-corrected chi connectivity index (χ3v) is 3.16. The lowest BCUT2D eigenvalue weighted by Gasteiger charge is -2.34. The Morgan fingerprint density at radius 2 is 2.00 bits per heavy atom. The normalized spacial score (nSPS) is 21.8. The van der Waals surface area contributed by atoms with Crippen molar-refractivity contribution < 1.29 is 0 Å². The molecule has 0 aliphatic carbocycles. The second-order valence-corrected chi connectivity index (χ2v) is 5.58. The number of nitrogens with zero attached hydrogens (tertiary/aromatic N) is 1. The van der Waals surface area contributed by atoms with E-state index in [0.29, 0.717) is 0 Å². The summed E-state index contributed by atoms with van der Waals surface area (Å²) in [4.78, 5) is 0. The van der Waals surface area contributed by atoms with Crippen LogP contribution in [-0.4, -0.2) is 11.6 Å². The molecule has 0 unspecified atom stereocenters. The predicted molar refractivity (Wildman–Crippen MR) is 66.1 cm³/mol. The number of rotatable bonds is 2. The highest BCUT2D eigenvalue weighted by molar-refractivity contribution is 5.20. The van der Waals surface area contributed by atoms with Gasteiger partial charge in [-0.1, -0.05) is 34.1 Å². The van der Waals surface area contributed by atoms with Crippen LogP contribution in [0.1, 0.15) is 59.8 Å². The number of hydrogen-bond donors (Lipinski definition) is 1. The molecule has 2 N–H and O–H groups in total. The van der Waals surface area contributed by atoms with E-state index in [4.69, 9.17) is 5.84 Å². The minimum absolute atomic E-state index is 0.264. The van der Waals surface area contributed by atoms with Crippen LogP contribution in [0.25, 0.3) is 0 Å². The van der Waals surface area contributed by atoms with Crippen molar-refractivity contribution in [2.75, 3.05) is 6.54 Å². The molecule has 0 radical (unpaired) electrons. The summed E-state index contributed by atoms with van der Waals surface area (Å²) >= 11 is 0. The molecule has 0 atom stereocenters. The second-order valence-electron chi connectivity index (χ2n) is 5.58. The molecule has 0 aromatic heterocycles. The van der Waals surface area contributed by atoms with Crippen LogP contribution in [0.4, 0.5) is 0 Å². The second kappa shape index (κ2) is 5.02. The van der Waals surface area contributed by atoms with Crippen LogP contribution in [0.5, 0.6) is 0 Å². The highest BCUT2D eigenvalue weighted by atomic mass is 15.4. The Bertz CT molecular complexity index is 235. The summed E-state index contributed by atoms with van der Waals surface area (Å²) in [7, 11) is 0. The zero-order valence-corrected chi connectivity index (χ0v) is 10.8. The van der Waals surface area contributed by atoms with Gasteiger partial charge in [0.2, 0.25) is 0 Å². The third-order valence-electron chi connectivity index (χ3n) is 3.16. The summed E-state index contributed by atoms with van der Waals surface area (Å²) in [6, 6.07) is 0. The third kappa shape index (κ3) is 3.23. The molecule has 88 valence electrons. The average molecular weight is 210 g/mol. The van der Waals surface area contributed by atoms with Crippen molar-refractivity contribution in [2.45, 2.75) is 59.8 Å². The summed E-state index contributed by atoms with van der Waals surface area (Å²) in [5.41, 5.74) is 3.24. The Balaban J connectivity index is 2.96. The molecule has 1 rings (SSSR count). The number of hydrazine groups is 1. The van der Waals surface area contributed by atoms with Gasteiger partial charge in [0.1, 0.15) is 0 Å². The fourth-order valence-electron chi connectivity index (χ4n) is 2.38. The van der Waals surface area contributed by atoms with Gasteiger partial charge in [-0.15, -0.1) is 0 Å². The largest absolute Gasteiger partial charge is 0.315 e. The molecule has 1 fully saturated rings. The zero-order valence-electron chi connectivity index (χ0n) is 10.8. The Labute approximate surface area is 94.5 Å². The molecular formula is C13H26N2. The van der Waals surface area contributed by atoms with Crippen LogP contribution < -0.4 is 5.84 Å². The van der Waals surface area contributed by atoms with Gasteiger partial charge < -0.3 is 5.01 Å². The van der Waals surface area contributed by atoms with Crippen LogP contribution in [0.3, 0.4) is 0 Å². The van der Waals surface area contributed by atoms with Crippen LogP contribution in [0.2, 0.25) is 0 Å². The van der Waals surface area contributed by atoms with Gasteiger partial charge >= 0.3 is 0 Å². The van der Waals surface area contributed by atoms with E-state index in [1.54, 1.807) is 5.57 Å². The van der Waals surface area contributed by atoms with Crippen molar-refractivity contribution in [1.29, 1.82) is 0 Å². The van der Waals surface area contributed by atoms with Crippen molar-refractivity contribution in [3.8, 4) is 0 Å². The molecule has 1 aliphatic heterocycles. The van der Waals surface area contributed by atoms with Gasteiger partial charge in [0.15, 0.2) is 0 Å². The van der Waals surface area contributed by atoms with Crippen LogP contribution >= 0.6 is 0 Å². The Morgan fingerprint density at radius 1 is 1.33 bits per heavy atom. The lowest BCUT2D eigenvalue weighted by Crippen LogP contribution is -2.36. The summed E-state index contributed by atoms with van der Waals surface area (Å²) in [5.74, 6) is 6.08. The first-order valence-electron chi connectivity index (χ1n) is 6.21. The van der Waals surface area contributed by atoms with Gasteiger partial charge in [0.25, 0.3) is 0 Å². The topological polar surface area (TPSA) is 29.3 Å². The molecule has 0 saturated carbocycles. The number of nitrogens with two attached hydrogens (primary N) is 1. The van der Waals surface area contributed by atoms with E-state index in [0.717, 1.165) is 6.54 Å². The summed E-state index contributed by atoms with van der Waals surface area (Å²) in [6.45, 7) is 10.2. The summed E-state index contributed by atoms with van der Waals surface area (Å²) < 4.78 is 0. The van der Waals surface area contributed by atoms with Crippen molar-refractivity contribution in [2.24, 2.45) is 11.3 Å². The van der Waals surface area contributed by atoms with Gasteiger partial charge in [-0.2, -0.15) is 0 Å². The lowest BCUT2D eigenvalue weighted by molar-refractivity contribution is 0.282. The minimum Gasteiger partial charge on any atom is -0.315 e. The van der Waals surface area contributed by atoms with E-state index in [-0.39, 0.29) is 5.41 Å². The highest BCUT2D eigenvalue weighted by Gasteiger charge is 2.24. The van der Waals surface area contributed by atoms with E-state index in [9.17, 15) is 0 Å². The first-order chi connectivity index (χ1) is 6.96. The lowest BCUT2D eigenvalue weighted by atomic mass is 9.81. The highest BCUT2D eigenvalue weighted by Crippen LogP contribution is 2.35. The molecule has 0 aromatic carbocycles. The Morgan fingerprint density at radius 3 is 2.47 bits per heavy atom. The average Bonchev–Trinajstić information content (AvgIpc) is 2.14. The zero-order chi connectivity index (χ0) is 11.5. The molecule has 0 aromatic rings. The monoisotopic (exact) mass is 210 g/mol. The van der Waals surface area contributed by atoms with E-state index in [1.807, 2.05) is 5.01 Å². The molecule has 2 nitrogen and oxygen atoms in total. The van der Waals surface area contributed by atoms with Crippen molar-refractivity contribution in [3.05, 3.63) is 11.3 Å². The smallest absolute Gasteiger partial charge is 0.0338 e. The molecule has 15 heavy (non-hydrogen) atoms. The van der Waals surface area contributed by atoms with Crippen LogP contribution in [0.15, 0.2) is 11.3 Å². The van der Waals surface area contributed by atoms with Gasteiger partial charge in [-0.3, -0.25) is 0 Å². The standard InChI is InChI=1S/C13H26N2/c1-5-8-11(13(2,3)4)12-9-6-7-10-15(12)14/h5-10,14H2,1-4H3/b12-11+. The van der Waals surface area contributed by atoms with Gasteiger partial charge in [-0.05, 0) is 36.7 Å². The molecule has 0 spiro atoms. The first kappa shape index (κ1) is 12.6. The summed E-state index contributed by atoms with van der Waals surface area (Å²) in [5, 5.41) is 1.99. The molecular weight excluding hydrogens is 184 g/mol. The first-order valence-corrected chi connectivity index (χ1v) is 6.21. The maximum Gasteiger partial charge on any atom is 0.0338 e. The maximum atomic E-state index is 6.08. The SMILES string of the molecule is CCC/C(=C1/CCCCN1N)C(C)(C)C. The van der Waals surface area contributed by atoms with Crippen molar-refractivity contribution in [1.82, 2.24) is 5.01 Å². The van der Waals surface area contributed by atoms with Crippen molar-refractivity contribution >= 4 is 0 Å². The molecule has 2 heteroatoms. The minimum atomic E-state index is 0.264. The Hall–Kier alpha value is -0.500. The predicted octanol–water partition coefficient (Wildman–Crippen LogP) is 3.45. The number of piperidine rings is 1. The summed E-state index contributed by atoms with van der Waals surface area (Å²) in [6.07, 6.45) is 6.11. The molecule has 1 aliphatic rings. The molecule has 0 bridgehead atoms. The fraction of sp³-hybridized carbons (Fsp3) is 0.846. The molecule has 1 heterocycles. The number of allylic oxidation sites excluding steroid dienone is 2. The fourth-order valence-corrected chi connectivity index (χ4v) is 2.38. The van der Waals surface area contributed by atoms with Gasteiger partial charge in [-0.25, -0.2) is 5.84 Å². The number of hydrogen-bond acceptors (Lipinski definition) is 2. The van der Waals surface area contributed by atoms with Crippen LogP contribution in [-0.2, 0) is 0 Å². The van der Waals surface area contributed by atoms with E-state index in [2.05, 4.69) is 27.7 Å². The van der Waals surface area contributed by atoms with E-state index >= 15 is 0 Å². The molecule has 0 amide bonds. The quantitative estimate of drug-likeness (QED) is 0.707. The van der Waals surface area contributed by atoms with E-state index in [1.165, 1.54) is 37.8 Å². The molecule has 1 saturated heterocycles. The Kier molecular flexibility index (Phi) is 4.21. The van der Waals surface area contributed by atoms with E-state index < -0.39 is 0 Å². The van der Waals surface area contributed by atoms with Gasteiger partial charge in [0, 0.05) is 12.2 Å². The van der Waals surface area contributed by atoms with Crippen LogP contribution in [0, 0.1) is 5.41 Å².